The average molecular weight is 251 g/mol. The first-order valence-electron chi connectivity index (χ1n) is 5.54. The Labute approximate surface area is 105 Å². The summed E-state index contributed by atoms with van der Waals surface area (Å²) in [7, 11) is 0. The summed E-state index contributed by atoms with van der Waals surface area (Å²) in [4.78, 5) is 11.9. The van der Waals surface area contributed by atoms with Crippen LogP contribution in [0.3, 0.4) is 0 Å². The summed E-state index contributed by atoms with van der Waals surface area (Å²) in [5, 5.41) is 2.94. The van der Waals surface area contributed by atoms with E-state index in [0.717, 1.165) is 0 Å². The van der Waals surface area contributed by atoms with Crippen LogP contribution in [0.1, 0.15) is 23.2 Å². The Hall–Kier alpha value is -1.36. The van der Waals surface area contributed by atoms with Crippen molar-refractivity contribution in [3.63, 3.8) is 0 Å². The van der Waals surface area contributed by atoms with Crippen LogP contribution in [0.15, 0.2) is 18.2 Å². The zero-order valence-electron chi connectivity index (χ0n) is 9.82. The maximum absolute atomic E-state index is 11.9. The number of rotatable bonds is 4. The number of amides is 1. The molecule has 92 valence electrons. The Bertz CT molecular complexity index is 423. The van der Waals surface area contributed by atoms with E-state index in [0.29, 0.717) is 23.5 Å². The lowest BCUT2D eigenvalue weighted by atomic mass is 10.1. The first kappa shape index (κ1) is 12.1. The topological polar surface area (TPSA) is 81.1 Å². The monoisotopic (exact) mass is 251 g/mol. The standard InChI is InChI=1S/C12H17N3OS/c1-17-12(2-3-12)7-15-11(16)8-4-9(13)6-10(14)5-8/h4-6H,2-3,7,13-14H2,1H3,(H,15,16). The summed E-state index contributed by atoms with van der Waals surface area (Å²) in [5.41, 5.74) is 12.9. The second kappa shape index (κ2) is 4.49. The molecule has 0 aliphatic heterocycles. The van der Waals surface area contributed by atoms with Crippen LogP contribution >= 0.6 is 11.8 Å². The van der Waals surface area contributed by atoms with Gasteiger partial charge in [-0.25, -0.2) is 0 Å². The number of nitrogen functional groups attached to an aromatic ring is 2. The third-order valence-corrected chi connectivity index (χ3v) is 4.47. The first-order chi connectivity index (χ1) is 8.04. The van der Waals surface area contributed by atoms with E-state index in [1.54, 1.807) is 18.2 Å². The van der Waals surface area contributed by atoms with Crippen LogP contribution in [0.2, 0.25) is 0 Å². The number of thioether (sulfide) groups is 1. The van der Waals surface area contributed by atoms with Gasteiger partial charge in [-0.15, -0.1) is 0 Å². The highest BCUT2D eigenvalue weighted by Crippen LogP contribution is 2.46. The number of nitrogens with one attached hydrogen (secondary N) is 1. The van der Waals surface area contributed by atoms with Gasteiger partial charge in [0, 0.05) is 28.2 Å². The van der Waals surface area contributed by atoms with Crippen molar-refractivity contribution in [2.45, 2.75) is 17.6 Å². The molecule has 0 radical (unpaired) electrons. The summed E-state index contributed by atoms with van der Waals surface area (Å²) in [6.45, 7) is 0.710. The molecule has 2 rings (SSSR count). The van der Waals surface area contributed by atoms with Crippen LogP contribution in [0.4, 0.5) is 11.4 Å². The van der Waals surface area contributed by atoms with Crippen LogP contribution in [0, 0.1) is 0 Å². The van der Waals surface area contributed by atoms with Crippen molar-refractivity contribution in [2.24, 2.45) is 0 Å². The van der Waals surface area contributed by atoms with Gasteiger partial charge in [0.25, 0.3) is 5.91 Å². The SMILES string of the molecule is CSC1(CNC(=O)c2cc(N)cc(N)c2)CC1. The minimum Gasteiger partial charge on any atom is -0.399 e. The molecular formula is C12H17N3OS. The molecule has 4 nitrogen and oxygen atoms in total. The van der Waals surface area contributed by atoms with Crippen molar-refractivity contribution in [3.8, 4) is 0 Å². The van der Waals surface area contributed by atoms with Crippen LogP contribution < -0.4 is 16.8 Å². The zero-order chi connectivity index (χ0) is 12.5. The van der Waals surface area contributed by atoms with Crippen molar-refractivity contribution < 1.29 is 4.79 Å². The molecule has 0 aromatic heterocycles. The molecule has 1 aromatic rings. The van der Waals surface area contributed by atoms with Crippen LogP contribution in [-0.2, 0) is 0 Å². The summed E-state index contributed by atoms with van der Waals surface area (Å²) >= 11 is 1.82. The Kier molecular flexibility index (Phi) is 3.19. The fraction of sp³-hybridized carbons (Fsp3) is 0.417. The van der Waals surface area contributed by atoms with Gasteiger partial charge >= 0.3 is 0 Å². The van der Waals surface area contributed by atoms with Gasteiger partial charge in [-0.05, 0) is 37.3 Å². The van der Waals surface area contributed by atoms with Gasteiger partial charge in [-0.2, -0.15) is 11.8 Å². The molecular weight excluding hydrogens is 234 g/mol. The van der Waals surface area contributed by atoms with Crippen molar-refractivity contribution in [1.82, 2.24) is 5.32 Å². The zero-order valence-corrected chi connectivity index (χ0v) is 10.6. The molecule has 1 amide bonds. The summed E-state index contributed by atoms with van der Waals surface area (Å²) < 4.78 is 0.265. The van der Waals surface area contributed by atoms with E-state index in [1.807, 2.05) is 11.8 Å². The maximum atomic E-state index is 11.9. The normalized spacial score (nSPS) is 16.5. The van der Waals surface area contributed by atoms with Gasteiger partial charge in [-0.1, -0.05) is 0 Å². The van der Waals surface area contributed by atoms with E-state index in [9.17, 15) is 4.79 Å². The Balaban J connectivity index is 1.99. The molecule has 0 unspecified atom stereocenters. The highest BCUT2D eigenvalue weighted by Gasteiger charge is 2.41. The number of carbonyl (C=O) groups is 1. The molecule has 1 aliphatic rings. The predicted molar refractivity (Wildman–Crippen MR) is 73.1 cm³/mol. The average Bonchev–Trinajstić information content (AvgIpc) is 3.05. The van der Waals surface area contributed by atoms with Gasteiger partial charge in [0.2, 0.25) is 0 Å². The number of hydrogen-bond acceptors (Lipinski definition) is 4. The van der Waals surface area contributed by atoms with Crippen LogP contribution in [0.5, 0.6) is 0 Å². The quantitative estimate of drug-likeness (QED) is 0.708. The van der Waals surface area contributed by atoms with Gasteiger partial charge in [0.05, 0.1) is 0 Å². The first-order valence-corrected chi connectivity index (χ1v) is 6.76. The molecule has 5 heteroatoms. The largest absolute Gasteiger partial charge is 0.399 e. The van der Waals surface area contributed by atoms with E-state index in [1.165, 1.54) is 12.8 Å². The van der Waals surface area contributed by atoms with Crippen molar-refractivity contribution >= 4 is 29.0 Å². The highest BCUT2D eigenvalue weighted by molar-refractivity contribution is 8.00. The van der Waals surface area contributed by atoms with E-state index in [2.05, 4.69) is 11.6 Å². The maximum Gasteiger partial charge on any atom is 0.251 e. The molecule has 0 saturated heterocycles. The van der Waals surface area contributed by atoms with E-state index in [4.69, 9.17) is 11.5 Å². The van der Waals surface area contributed by atoms with Gasteiger partial charge < -0.3 is 16.8 Å². The molecule has 1 fully saturated rings. The third-order valence-electron chi connectivity index (χ3n) is 3.05. The van der Waals surface area contributed by atoms with Crippen LogP contribution in [-0.4, -0.2) is 23.5 Å². The lowest BCUT2D eigenvalue weighted by molar-refractivity contribution is 0.0953. The number of carbonyl (C=O) groups excluding carboxylic acids is 1. The summed E-state index contributed by atoms with van der Waals surface area (Å²) in [6.07, 6.45) is 4.43. The van der Waals surface area contributed by atoms with E-state index < -0.39 is 0 Å². The molecule has 5 N–H and O–H groups in total. The van der Waals surface area contributed by atoms with Crippen molar-refractivity contribution in [1.29, 1.82) is 0 Å². The molecule has 0 spiro atoms. The number of hydrogen-bond donors (Lipinski definition) is 3. The highest BCUT2D eigenvalue weighted by atomic mass is 32.2. The molecule has 0 heterocycles. The van der Waals surface area contributed by atoms with E-state index in [-0.39, 0.29) is 10.7 Å². The van der Waals surface area contributed by atoms with Gasteiger partial charge in [0.1, 0.15) is 0 Å². The molecule has 1 aromatic carbocycles. The molecule has 1 aliphatic carbocycles. The molecule has 0 atom stereocenters. The second-order valence-corrected chi connectivity index (χ2v) is 5.73. The minimum atomic E-state index is -0.107. The summed E-state index contributed by atoms with van der Waals surface area (Å²) in [5.74, 6) is -0.107. The fourth-order valence-electron chi connectivity index (χ4n) is 1.74. The molecule has 1 saturated carbocycles. The summed E-state index contributed by atoms with van der Waals surface area (Å²) in [6, 6.07) is 4.93. The minimum absolute atomic E-state index is 0.107. The lowest BCUT2D eigenvalue weighted by Crippen LogP contribution is -2.31. The van der Waals surface area contributed by atoms with Crippen molar-refractivity contribution in [3.05, 3.63) is 23.8 Å². The Morgan fingerprint density at radius 3 is 2.41 bits per heavy atom. The van der Waals surface area contributed by atoms with Gasteiger partial charge in [-0.3, -0.25) is 4.79 Å². The number of benzene rings is 1. The Morgan fingerprint density at radius 2 is 1.94 bits per heavy atom. The van der Waals surface area contributed by atoms with Crippen molar-refractivity contribution in [2.75, 3.05) is 24.3 Å². The van der Waals surface area contributed by atoms with E-state index >= 15 is 0 Å². The predicted octanol–water partition coefficient (Wildman–Crippen LogP) is 1.48. The number of anilines is 2. The van der Waals surface area contributed by atoms with Gasteiger partial charge in [0.15, 0.2) is 0 Å². The smallest absolute Gasteiger partial charge is 0.251 e. The van der Waals surface area contributed by atoms with Crippen LogP contribution in [0.25, 0.3) is 0 Å². The number of nitrogens with two attached hydrogens (primary N) is 2. The Morgan fingerprint density at radius 1 is 1.35 bits per heavy atom. The third kappa shape index (κ3) is 2.85. The molecule has 0 bridgehead atoms. The second-order valence-electron chi connectivity index (χ2n) is 4.46. The lowest BCUT2D eigenvalue weighted by Gasteiger charge is -2.13. The fourth-order valence-corrected chi connectivity index (χ4v) is 2.47. The molecule has 17 heavy (non-hydrogen) atoms.